The number of anilines is 1. The lowest BCUT2D eigenvalue weighted by atomic mass is 9.85. The lowest BCUT2D eigenvalue weighted by Gasteiger charge is -2.26. The van der Waals surface area contributed by atoms with Crippen molar-refractivity contribution in [2.75, 3.05) is 18.0 Å². The molecule has 0 atom stereocenters. The van der Waals surface area contributed by atoms with E-state index in [0.717, 1.165) is 12.5 Å². The topological polar surface area (TPSA) is 46.3 Å². The molecule has 26 heavy (non-hydrogen) atoms. The highest BCUT2D eigenvalue weighted by Gasteiger charge is 2.13. The molecule has 0 bridgehead atoms. The van der Waals surface area contributed by atoms with Gasteiger partial charge in [0.15, 0.2) is 0 Å². The summed E-state index contributed by atoms with van der Waals surface area (Å²) in [5.74, 6) is 1.15. The Morgan fingerprint density at radius 2 is 1.85 bits per heavy atom. The number of benzene rings is 1. The Morgan fingerprint density at radius 3 is 2.42 bits per heavy atom. The molecule has 1 aliphatic rings. The maximum atomic E-state index is 11.3. The maximum absolute atomic E-state index is 11.3. The van der Waals surface area contributed by atoms with Gasteiger partial charge in [-0.1, -0.05) is 64.2 Å². The zero-order chi connectivity index (χ0) is 18.9. The highest BCUT2D eigenvalue weighted by molar-refractivity contribution is 5.91. The molecule has 0 spiro atoms. The van der Waals surface area contributed by atoms with E-state index in [9.17, 15) is 4.79 Å². The number of aryl methyl sites for hydroxylation is 1. The van der Waals surface area contributed by atoms with E-state index in [1.807, 2.05) is 6.08 Å². The number of carbonyl (C=O) groups excluding carboxylic acids is 1. The highest BCUT2D eigenvalue weighted by Crippen LogP contribution is 2.28. The zero-order valence-corrected chi connectivity index (χ0v) is 16.8. The normalized spacial score (nSPS) is 16.1. The average Bonchev–Trinajstić information content (AvgIpc) is 2.64. The first-order valence-corrected chi connectivity index (χ1v) is 10.3. The molecule has 0 heterocycles. The average molecular weight is 357 g/mol. The molecule has 1 aromatic rings. The molecule has 0 unspecified atom stereocenters. The van der Waals surface area contributed by atoms with Gasteiger partial charge in [0.25, 0.3) is 0 Å². The first kappa shape index (κ1) is 20.5. The molecule has 3 nitrogen and oxygen atoms in total. The molecule has 1 aliphatic carbocycles. The Hall–Kier alpha value is -1.77. The third kappa shape index (κ3) is 6.86. The summed E-state index contributed by atoms with van der Waals surface area (Å²) >= 11 is 0. The number of amides is 1. The number of hydrogen-bond acceptors (Lipinski definition) is 2. The van der Waals surface area contributed by atoms with Crippen LogP contribution in [0.15, 0.2) is 35.9 Å². The summed E-state index contributed by atoms with van der Waals surface area (Å²) in [6.07, 6.45) is 11.6. The summed E-state index contributed by atoms with van der Waals surface area (Å²) in [6, 6.07) is 9.00. The number of rotatable bonds is 9. The van der Waals surface area contributed by atoms with Crippen LogP contribution < -0.4 is 10.6 Å². The number of nitrogens with zero attached hydrogens (tertiary/aromatic N) is 1. The molecule has 0 aromatic heterocycles. The molecule has 0 aliphatic heterocycles. The van der Waals surface area contributed by atoms with E-state index in [1.165, 1.54) is 56.2 Å². The fourth-order valence-corrected chi connectivity index (χ4v) is 3.79. The summed E-state index contributed by atoms with van der Waals surface area (Å²) < 4.78 is 0. The van der Waals surface area contributed by atoms with E-state index in [4.69, 9.17) is 5.73 Å². The largest absolute Gasteiger partial charge is 0.368 e. The van der Waals surface area contributed by atoms with Crippen molar-refractivity contribution in [2.45, 2.75) is 65.7 Å². The Balaban J connectivity index is 1.96. The van der Waals surface area contributed by atoms with Gasteiger partial charge in [0.2, 0.25) is 5.91 Å². The van der Waals surface area contributed by atoms with Crippen molar-refractivity contribution < 1.29 is 4.79 Å². The smallest absolute Gasteiger partial charge is 0.244 e. The van der Waals surface area contributed by atoms with Gasteiger partial charge in [-0.2, -0.15) is 0 Å². The Kier molecular flexibility index (Phi) is 8.21. The van der Waals surface area contributed by atoms with Crippen LogP contribution in [0.25, 0.3) is 0 Å². The van der Waals surface area contributed by atoms with E-state index >= 15 is 0 Å². The van der Waals surface area contributed by atoms with Crippen LogP contribution in [0, 0.1) is 11.8 Å². The molecule has 1 aromatic carbocycles. The molecular formula is C23H36N2O. The minimum atomic E-state index is -0.340. The predicted molar refractivity (Wildman–Crippen MR) is 111 cm³/mol. The molecule has 1 amide bonds. The first-order chi connectivity index (χ1) is 12.5. The van der Waals surface area contributed by atoms with Crippen molar-refractivity contribution in [3.63, 3.8) is 0 Å². The van der Waals surface area contributed by atoms with Gasteiger partial charge in [-0.15, -0.1) is 0 Å². The minimum absolute atomic E-state index is 0.340. The van der Waals surface area contributed by atoms with Gasteiger partial charge in [-0.05, 0) is 49.3 Å². The fraction of sp³-hybridized carbons (Fsp3) is 0.609. The zero-order valence-electron chi connectivity index (χ0n) is 16.8. The van der Waals surface area contributed by atoms with E-state index < -0.39 is 0 Å². The third-order valence-electron chi connectivity index (χ3n) is 5.46. The van der Waals surface area contributed by atoms with Crippen molar-refractivity contribution in [2.24, 2.45) is 17.6 Å². The van der Waals surface area contributed by atoms with Gasteiger partial charge in [0.1, 0.15) is 0 Å². The van der Waals surface area contributed by atoms with Crippen LogP contribution in [-0.4, -0.2) is 19.0 Å². The first-order valence-electron chi connectivity index (χ1n) is 10.3. The highest BCUT2D eigenvalue weighted by atomic mass is 16.1. The number of carbonyl (C=O) groups is 1. The molecule has 0 radical (unpaired) electrons. The Morgan fingerprint density at radius 1 is 1.19 bits per heavy atom. The van der Waals surface area contributed by atoms with Gasteiger partial charge < -0.3 is 10.6 Å². The summed E-state index contributed by atoms with van der Waals surface area (Å²) in [5.41, 5.74) is 8.63. The number of primary amides is 1. The second kappa shape index (κ2) is 10.4. The summed E-state index contributed by atoms with van der Waals surface area (Å²) in [7, 11) is 0. The molecule has 2 N–H and O–H groups in total. The van der Waals surface area contributed by atoms with Crippen molar-refractivity contribution in [3.05, 3.63) is 41.5 Å². The molecule has 1 saturated carbocycles. The number of hydrogen-bond donors (Lipinski definition) is 1. The minimum Gasteiger partial charge on any atom is -0.368 e. The molecule has 144 valence electrons. The van der Waals surface area contributed by atoms with Crippen LogP contribution in [0.3, 0.4) is 0 Å². The summed E-state index contributed by atoms with van der Waals surface area (Å²) in [6.45, 7) is 7.90. The van der Waals surface area contributed by atoms with Crippen molar-refractivity contribution in [1.29, 1.82) is 0 Å². The predicted octanol–water partition coefficient (Wildman–Crippen LogP) is 5.09. The summed E-state index contributed by atoms with van der Waals surface area (Å²) in [5, 5.41) is 0. The van der Waals surface area contributed by atoms with Crippen molar-refractivity contribution in [1.82, 2.24) is 0 Å². The van der Waals surface area contributed by atoms with E-state index in [1.54, 1.807) is 6.92 Å². The van der Waals surface area contributed by atoms with Crippen LogP contribution >= 0.6 is 0 Å². The van der Waals surface area contributed by atoms with Gasteiger partial charge in [-0.25, -0.2) is 0 Å². The van der Waals surface area contributed by atoms with Crippen LogP contribution in [0.1, 0.15) is 64.9 Å². The van der Waals surface area contributed by atoms with Crippen molar-refractivity contribution in [3.8, 4) is 0 Å². The number of nitrogens with two attached hydrogens (primary N) is 1. The van der Waals surface area contributed by atoms with E-state index in [0.29, 0.717) is 18.0 Å². The van der Waals surface area contributed by atoms with Gasteiger partial charge in [0.05, 0.1) is 0 Å². The third-order valence-corrected chi connectivity index (χ3v) is 5.46. The molecule has 0 saturated heterocycles. The maximum Gasteiger partial charge on any atom is 0.244 e. The second-order valence-electron chi connectivity index (χ2n) is 8.26. The van der Waals surface area contributed by atoms with Crippen LogP contribution in [0.5, 0.6) is 0 Å². The Labute approximate surface area is 159 Å². The molecule has 3 heteroatoms. The van der Waals surface area contributed by atoms with Crippen molar-refractivity contribution >= 4 is 11.6 Å². The second-order valence-corrected chi connectivity index (χ2v) is 8.26. The van der Waals surface area contributed by atoms with Gasteiger partial charge in [0, 0.05) is 24.4 Å². The lowest BCUT2D eigenvalue weighted by molar-refractivity contribution is -0.114. The molecular weight excluding hydrogens is 320 g/mol. The molecule has 1 fully saturated rings. The molecule has 2 rings (SSSR count). The van der Waals surface area contributed by atoms with Gasteiger partial charge >= 0.3 is 0 Å². The van der Waals surface area contributed by atoms with E-state index in [-0.39, 0.29) is 5.91 Å². The van der Waals surface area contributed by atoms with Crippen LogP contribution in [-0.2, 0) is 11.2 Å². The Bertz CT molecular complexity index is 583. The quantitative estimate of drug-likeness (QED) is 0.626. The van der Waals surface area contributed by atoms with Crippen LogP contribution in [0.4, 0.5) is 5.69 Å². The standard InChI is InChI=1S/C23H36N2O/c1-18(2)17-25(16-15-19(3)23(24)26)22-13-11-21(12-14-22)10-9-20-7-5-4-6-8-20/h11-15,18,20H,4-10,16-17H2,1-3H3,(H2,24,26). The SMILES string of the molecule is CC(=CCN(CC(C)C)c1ccc(CCC2CCCCC2)cc1)C(N)=O. The fourth-order valence-electron chi connectivity index (χ4n) is 3.79. The van der Waals surface area contributed by atoms with E-state index in [2.05, 4.69) is 43.0 Å². The van der Waals surface area contributed by atoms with Gasteiger partial charge in [-0.3, -0.25) is 4.79 Å². The van der Waals surface area contributed by atoms with Crippen LogP contribution in [0.2, 0.25) is 0 Å². The lowest BCUT2D eigenvalue weighted by Crippen LogP contribution is -2.28. The summed E-state index contributed by atoms with van der Waals surface area (Å²) in [4.78, 5) is 13.6. The monoisotopic (exact) mass is 356 g/mol.